The molecule has 5 nitrogen and oxygen atoms in total. The van der Waals surface area contributed by atoms with Crippen molar-refractivity contribution in [3.05, 3.63) is 45.0 Å². The van der Waals surface area contributed by atoms with E-state index in [2.05, 4.69) is 41.6 Å². The summed E-state index contributed by atoms with van der Waals surface area (Å²) in [6, 6.07) is 6.88. The van der Waals surface area contributed by atoms with Crippen molar-refractivity contribution in [1.82, 2.24) is 4.98 Å². The van der Waals surface area contributed by atoms with Crippen LogP contribution in [0.25, 0.3) is 0 Å². The number of rotatable bonds is 3. The van der Waals surface area contributed by atoms with Gasteiger partial charge >= 0.3 is 5.97 Å². The van der Waals surface area contributed by atoms with E-state index in [1.54, 1.807) is 6.07 Å². The van der Waals surface area contributed by atoms with E-state index in [1.807, 2.05) is 12.1 Å². The summed E-state index contributed by atoms with van der Waals surface area (Å²) >= 11 is 6.73. The topological polar surface area (TPSA) is 74.4 Å². The van der Waals surface area contributed by atoms with Crippen LogP contribution in [0, 0.1) is 0 Å². The number of nitrogens with two attached hydrogens (primary N) is 1. The first-order valence-electron chi connectivity index (χ1n) is 5.48. The molecule has 0 radical (unpaired) electrons. The molecule has 20 heavy (non-hydrogen) atoms. The van der Waals surface area contributed by atoms with Crippen molar-refractivity contribution >= 4 is 43.5 Å². The number of benzene rings is 1. The molecule has 0 aliphatic heterocycles. The zero-order valence-electron chi connectivity index (χ0n) is 10.4. The van der Waals surface area contributed by atoms with E-state index < -0.39 is 5.97 Å². The number of hydrogen-bond donors (Lipinski definition) is 1. The summed E-state index contributed by atoms with van der Waals surface area (Å²) in [7, 11) is 1.29. The van der Waals surface area contributed by atoms with Crippen molar-refractivity contribution in [2.24, 2.45) is 0 Å². The van der Waals surface area contributed by atoms with Gasteiger partial charge in [0, 0.05) is 10.5 Å². The summed E-state index contributed by atoms with van der Waals surface area (Å²) in [5, 5.41) is 0. The maximum absolute atomic E-state index is 11.5. The zero-order valence-corrected chi connectivity index (χ0v) is 13.6. The van der Waals surface area contributed by atoms with Crippen LogP contribution < -0.4 is 10.5 Å². The Bertz CT molecular complexity index is 662. The van der Waals surface area contributed by atoms with Crippen molar-refractivity contribution < 1.29 is 14.3 Å². The predicted molar refractivity (Wildman–Crippen MR) is 81.9 cm³/mol. The lowest BCUT2D eigenvalue weighted by Gasteiger charge is -2.09. The van der Waals surface area contributed by atoms with E-state index in [0.29, 0.717) is 5.75 Å². The molecule has 2 aromatic rings. The number of ether oxygens (including phenoxy) is 2. The third kappa shape index (κ3) is 3.29. The third-order valence-electron chi connectivity index (χ3n) is 2.42. The summed E-state index contributed by atoms with van der Waals surface area (Å²) in [5.41, 5.74) is 6.12. The molecule has 2 rings (SSSR count). The molecule has 1 aromatic carbocycles. The lowest BCUT2D eigenvalue weighted by Crippen LogP contribution is -2.06. The molecule has 0 fully saturated rings. The first-order chi connectivity index (χ1) is 9.51. The summed E-state index contributed by atoms with van der Waals surface area (Å²) < 4.78 is 11.9. The van der Waals surface area contributed by atoms with Crippen LogP contribution in [0.3, 0.4) is 0 Å². The van der Waals surface area contributed by atoms with Gasteiger partial charge in [-0.1, -0.05) is 15.9 Å². The van der Waals surface area contributed by atoms with Crippen LogP contribution in [0.4, 0.5) is 5.69 Å². The number of anilines is 1. The van der Waals surface area contributed by atoms with Gasteiger partial charge in [-0.05, 0) is 34.1 Å². The van der Waals surface area contributed by atoms with Gasteiger partial charge in [0.2, 0.25) is 5.88 Å². The Morgan fingerprint density at radius 2 is 2.05 bits per heavy atom. The highest BCUT2D eigenvalue weighted by Crippen LogP contribution is 2.32. The zero-order chi connectivity index (χ0) is 14.7. The van der Waals surface area contributed by atoms with E-state index in [4.69, 9.17) is 10.5 Å². The number of aromatic nitrogens is 1. The molecule has 0 spiro atoms. The summed E-state index contributed by atoms with van der Waals surface area (Å²) in [4.78, 5) is 15.6. The number of carbonyl (C=O) groups is 1. The maximum atomic E-state index is 11.5. The maximum Gasteiger partial charge on any atom is 0.340 e. The second-order valence-electron chi connectivity index (χ2n) is 3.78. The van der Waals surface area contributed by atoms with Crippen molar-refractivity contribution in [3.8, 4) is 11.6 Å². The number of pyridine rings is 1. The van der Waals surface area contributed by atoms with Crippen LogP contribution in [-0.4, -0.2) is 18.1 Å². The molecule has 0 atom stereocenters. The van der Waals surface area contributed by atoms with E-state index in [9.17, 15) is 4.79 Å². The molecule has 1 heterocycles. The van der Waals surface area contributed by atoms with Gasteiger partial charge in [-0.15, -0.1) is 0 Å². The van der Waals surface area contributed by atoms with Crippen molar-refractivity contribution in [3.63, 3.8) is 0 Å². The van der Waals surface area contributed by atoms with Crippen LogP contribution in [-0.2, 0) is 4.74 Å². The Morgan fingerprint density at radius 1 is 1.30 bits per heavy atom. The highest BCUT2D eigenvalue weighted by molar-refractivity contribution is 9.11. The molecule has 0 saturated heterocycles. The predicted octanol–water partition coefficient (Wildman–Crippen LogP) is 3.77. The lowest BCUT2D eigenvalue weighted by atomic mass is 10.2. The van der Waals surface area contributed by atoms with E-state index in [0.717, 1.165) is 8.95 Å². The Labute approximate surface area is 132 Å². The van der Waals surface area contributed by atoms with Gasteiger partial charge in [0.1, 0.15) is 5.75 Å². The smallest absolute Gasteiger partial charge is 0.340 e. The van der Waals surface area contributed by atoms with Crippen molar-refractivity contribution in [2.45, 2.75) is 0 Å². The Balaban J connectivity index is 2.32. The Hall–Kier alpha value is -1.60. The number of nitrogens with zero attached hydrogens (tertiary/aromatic N) is 1. The molecular formula is C13H10Br2N2O3. The van der Waals surface area contributed by atoms with Crippen LogP contribution in [0.5, 0.6) is 11.6 Å². The molecule has 0 unspecified atom stereocenters. The van der Waals surface area contributed by atoms with Gasteiger partial charge in [0.05, 0.1) is 29.0 Å². The van der Waals surface area contributed by atoms with Gasteiger partial charge in [-0.25, -0.2) is 9.78 Å². The fourth-order valence-corrected chi connectivity index (χ4v) is 2.59. The van der Waals surface area contributed by atoms with E-state index >= 15 is 0 Å². The number of carbonyl (C=O) groups excluding carboxylic acids is 1. The highest BCUT2D eigenvalue weighted by Gasteiger charge is 2.13. The van der Waals surface area contributed by atoms with Crippen molar-refractivity contribution in [2.75, 3.05) is 12.8 Å². The average molecular weight is 402 g/mol. The van der Waals surface area contributed by atoms with Gasteiger partial charge in [0.15, 0.2) is 0 Å². The monoisotopic (exact) mass is 400 g/mol. The first-order valence-corrected chi connectivity index (χ1v) is 7.06. The van der Waals surface area contributed by atoms with Crippen molar-refractivity contribution in [1.29, 1.82) is 0 Å². The van der Waals surface area contributed by atoms with Gasteiger partial charge in [0.25, 0.3) is 0 Å². The highest BCUT2D eigenvalue weighted by atomic mass is 79.9. The number of methoxy groups -OCH3 is 1. The Morgan fingerprint density at radius 3 is 2.70 bits per heavy atom. The number of nitrogen functional groups attached to an aromatic ring is 1. The fourth-order valence-electron chi connectivity index (χ4n) is 1.46. The van der Waals surface area contributed by atoms with Gasteiger partial charge < -0.3 is 15.2 Å². The van der Waals surface area contributed by atoms with Crippen LogP contribution in [0.1, 0.15) is 10.4 Å². The largest absolute Gasteiger partial charge is 0.465 e. The summed E-state index contributed by atoms with van der Waals surface area (Å²) in [6.07, 6.45) is 1.36. The molecule has 0 amide bonds. The molecule has 0 bridgehead atoms. The molecule has 0 aliphatic rings. The molecule has 104 valence electrons. The molecule has 2 N–H and O–H groups in total. The van der Waals surface area contributed by atoms with Crippen LogP contribution in [0.2, 0.25) is 0 Å². The summed E-state index contributed by atoms with van der Waals surface area (Å²) in [6.45, 7) is 0. The standard InChI is InChI=1S/C13H10Br2N2O3/c1-19-13(18)8-5-12(17-6-10(8)16)20-11-3-2-7(14)4-9(11)15/h2-6H,16H2,1H3. The summed E-state index contributed by atoms with van der Waals surface area (Å²) in [5.74, 6) is 0.286. The number of esters is 1. The molecule has 1 aromatic heterocycles. The van der Waals surface area contributed by atoms with E-state index in [-0.39, 0.29) is 17.1 Å². The molecule has 7 heteroatoms. The SMILES string of the molecule is COC(=O)c1cc(Oc2ccc(Br)cc2Br)ncc1N. The number of hydrogen-bond acceptors (Lipinski definition) is 5. The minimum atomic E-state index is -0.537. The fraction of sp³-hybridized carbons (Fsp3) is 0.0769. The third-order valence-corrected chi connectivity index (χ3v) is 3.54. The molecular weight excluding hydrogens is 392 g/mol. The minimum Gasteiger partial charge on any atom is -0.465 e. The normalized spacial score (nSPS) is 10.2. The Kier molecular flexibility index (Phi) is 4.61. The average Bonchev–Trinajstić information content (AvgIpc) is 2.43. The van der Waals surface area contributed by atoms with Gasteiger partial charge in [-0.3, -0.25) is 0 Å². The van der Waals surface area contributed by atoms with Crippen LogP contribution in [0.15, 0.2) is 39.4 Å². The molecule has 0 aliphatic carbocycles. The van der Waals surface area contributed by atoms with Crippen LogP contribution >= 0.6 is 31.9 Å². The quantitative estimate of drug-likeness (QED) is 0.792. The first kappa shape index (κ1) is 14.8. The minimum absolute atomic E-state index is 0.214. The number of halogens is 2. The lowest BCUT2D eigenvalue weighted by molar-refractivity contribution is 0.0601. The molecule has 0 saturated carbocycles. The second-order valence-corrected chi connectivity index (χ2v) is 5.55. The van der Waals surface area contributed by atoms with E-state index in [1.165, 1.54) is 19.4 Å². The second kappa shape index (κ2) is 6.23. The van der Waals surface area contributed by atoms with Gasteiger partial charge in [-0.2, -0.15) is 0 Å².